The van der Waals surface area contributed by atoms with Crippen molar-refractivity contribution >= 4 is 40.3 Å². The van der Waals surface area contributed by atoms with Gasteiger partial charge < -0.3 is 15.0 Å². The van der Waals surface area contributed by atoms with Gasteiger partial charge in [-0.1, -0.05) is 12.1 Å². The molecule has 1 aliphatic heterocycles. The molecule has 0 spiro atoms. The van der Waals surface area contributed by atoms with E-state index in [1.165, 1.54) is 18.2 Å². The van der Waals surface area contributed by atoms with Crippen molar-refractivity contribution in [2.45, 2.75) is 19.8 Å². The van der Waals surface area contributed by atoms with Gasteiger partial charge in [-0.3, -0.25) is 20.2 Å². The standard InChI is InChI=1S/C20H22N4O4S/c1-2-28-18-10-9-14(13-17(18)24(26)27)19(25)22-20(29)21-15-7-3-4-8-16(15)23-11-5-6-12-23/h3-4,7-10,13H,2,5-6,11-12H2,1H3,(H2,21,22,25,29). The van der Waals surface area contributed by atoms with Crippen molar-refractivity contribution in [3.63, 3.8) is 0 Å². The molecule has 9 heteroatoms. The van der Waals surface area contributed by atoms with E-state index >= 15 is 0 Å². The maximum atomic E-state index is 12.5. The van der Waals surface area contributed by atoms with Crippen molar-refractivity contribution in [2.24, 2.45) is 0 Å². The first kappa shape index (κ1) is 20.5. The summed E-state index contributed by atoms with van der Waals surface area (Å²) in [6.45, 7) is 3.98. The number of nitro benzene ring substituents is 1. The average molecular weight is 414 g/mol. The second-order valence-corrected chi connectivity index (χ2v) is 6.90. The van der Waals surface area contributed by atoms with Crippen LogP contribution in [0, 0.1) is 10.1 Å². The number of ether oxygens (including phenoxy) is 1. The fourth-order valence-electron chi connectivity index (χ4n) is 3.22. The van der Waals surface area contributed by atoms with Crippen molar-refractivity contribution in [2.75, 3.05) is 29.9 Å². The second kappa shape index (κ2) is 9.33. The molecule has 1 fully saturated rings. The van der Waals surface area contributed by atoms with E-state index in [4.69, 9.17) is 17.0 Å². The first-order valence-corrected chi connectivity index (χ1v) is 9.78. The maximum Gasteiger partial charge on any atom is 0.311 e. The number of benzene rings is 2. The highest BCUT2D eigenvalue weighted by atomic mass is 32.1. The van der Waals surface area contributed by atoms with Crippen LogP contribution in [0.15, 0.2) is 42.5 Å². The highest BCUT2D eigenvalue weighted by molar-refractivity contribution is 7.80. The third-order valence-corrected chi connectivity index (χ3v) is 4.75. The van der Waals surface area contributed by atoms with E-state index in [1.54, 1.807) is 6.92 Å². The zero-order valence-corrected chi connectivity index (χ0v) is 16.8. The minimum Gasteiger partial charge on any atom is -0.487 e. The van der Waals surface area contributed by atoms with E-state index in [0.29, 0.717) is 0 Å². The topological polar surface area (TPSA) is 96.7 Å². The van der Waals surface area contributed by atoms with Gasteiger partial charge in [0.25, 0.3) is 5.91 Å². The molecule has 1 amide bonds. The van der Waals surface area contributed by atoms with Gasteiger partial charge >= 0.3 is 5.69 Å². The first-order chi connectivity index (χ1) is 14.0. The van der Waals surface area contributed by atoms with Crippen LogP contribution in [-0.4, -0.2) is 35.6 Å². The van der Waals surface area contributed by atoms with Gasteiger partial charge in [-0.2, -0.15) is 0 Å². The molecular weight excluding hydrogens is 392 g/mol. The normalized spacial score (nSPS) is 13.1. The Hall–Kier alpha value is -3.20. The maximum absolute atomic E-state index is 12.5. The number of nitrogens with zero attached hydrogens (tertiary/aromatic N) is 2. The minimum atomic E-state index is -0.579. The summed E-state index contributed by atoms with van der Waals surface area (Å²) >= 11 is 5.28. The van der Waals surface area contributed by atoms with Crippen LogP contribution < -0.4 is 20.3 Å². The molecule has 2 N–H and O–H groups in total. The van der Waals surface area contributed by atoms with Gasteiger partial charge in [-0.05, 0) is 56.2 Å². The van der Waals surface area contributed by atoms with Gasteiger partial charge in [0.1, 0.15) is 0 Å². The molecule has 1 aliphatic rings. The number of para-hydroxylation sites is 2. The Labute approximate surface area is 174 Å². The Morgan fingerprint density at radius 3 is 2.66 bits per heavy atom. The van der Waals surface area contributed by atoms with E-state index in [2.05, 4.69) is 15.5 Å². The molecule has 0 radical (unpaired) electrons. The van der Waals surface area contributed by atoms with Crippen molar-refractivity contribution < 1.29 is 14.5 Å². The lowest BCUT2D eigenvalue weighted by molar-refractivity contribution is -0.385. The number of nitrogens with one attached hydrogen (secondary N) is 2. The Morgan fingerprint density at radius 1 is 1.24 bits per heavy atom. The van der Waals surface area contributed by atoms with Gasteiger partial charge in [-0.15, -0.1) is 0 Å². The van der Waals surface area contributed by atoms with Crippen LogP contribution >= 0.6 is 12.2 Å². The summed E-state index contributed by atoms with van der Waals surface area (Å²) < 4.78 is 5.24. The van der Waals surface area contributed by atoms with Gasteiger partial charge in [-0.25, -0.2) is 0 Å². The molecule has 1 heterocycles. The molecular formula is C20H22N4O4S. The summed E-state index contributed by atoms with van der Waals surface area (Å²) in [5.41, 5.74) is 1.69. The fourth-order valence-corrected chi connectivity index (χ4v) is 3.42. The Kier molecular flexibility index (Phi) is 6.61. The molecule has 29 heavy (non-hydrogen) atoms. The van der Waals surface area contributed by atoms with Crippen LogP contribution in [0.4, 0.5) is 17.1 Å². The number of carbonyl (C=O) groups excluding carboxylic acids is 1. The average Bonchev–Trinajstić information content (AvgIpc) is 3.23. The van der Waals surface area contributed by atoms with Crippen molar-refractivity contribution in [3.8, 4) is 5.75 Å². The summed E-state index contributed by atoms with van der Waals surface area (Å²) in [5, 5.41) is 17.0. The molecule has 0 atom stereocenters. The summed E-state index contributed by atoms with van der Waals surface area (Å²) in [5.74, 6) is -0.415. The molecule has 152 valence electrons. The predicted octanol–water partition coefficient (Wildman–Crippen LogP) is 3.72. The zero-order chi connectivity index (χ0) is 20.8. The molecule has 0 bridgehead atoms. The summed E-state index contributed by atoms with van der Waals surface area (Å²) in [4.78, 5) is 25.5. The lowest BCUT2D eigenvalue weighted by atomic mass is 10.1. The zero-order valence-electron chi connectivity index (χ0n) is 16.0. The van der Waals surface area contributed by atoms with E-state index in [-0.39, 0.29) is 28.7 Å². The molecule has 2 aromatic rings. The van der Waals surface area contributed by atoms with Crippen molar-refractivity contribution in [1.29, 1.82) is 0 Å². The monoisotopic (exact) mass is 414 g/mol. The third-order valence-electron chi connectivity index (χ3n) is 4.54. The van der Waals surface area contributed by atoms with Crippen LogP contribution in [0.2, 0.25) is 0 Å². The van der Waals surface area contributed by atoms with Crippen LogP contribution in [0.1, 0.15) is 30.1 Å². The lowest BCUT2D eigenvalue weighted by Gasteiger charge is -2.22. The highest BCUT2D eigenvalue weighted by Gasteiger charge is 2.20. The van der Waals surface area contributed by atoms with Gasteiger partial charge in [0, 0.05) is 24.7 Å². The predicted molar refractivity (Wildman–Crippen MR) is 116 cm³/mol. The van der Waals surface area contributed by atoms with E-state index in [0.717, 1.165) is 37.3 Å². The first-order valence-electron chi connectivity index (χ1n) is 9.37. The van der Waals surface area contributed by atoms with Crippen LogP contribution in [0.5, 0.6) is 5.75 Å². The molecule has 1 saturated heterocycles. The fraction of sp³-hybridized carbons (Fsp3) is 0.300. The van der Waals surface area contributed by atoms with E-state index in [9.17, 15) is 14.9 Å². The van der Waals surface area contributed by atoms with Crippen LogP contribution in [0.25, 0.3) is 0 Å². The molecule has 0 aliphatic carbocycles. The Balaban J connectivity index is 1.71. The molecule has 0 aromatic heterocycles. The van der Waals surface area contributed by atoms with E-state index in [1.807, 2.05) is 24.3 Å². The number of thiocarbonyl (C=S) groups is 1. The molecule has 8 nitrogen and oxygen atoms in total. The number of amides is 1. The van der Waals surface area contributed by atoms with Gasteiger partial charge in [0.05, 0.1) is 22.9 Å². The summed E-state index contributed by atoms with van der Waals surface area (Å²) in [6, 6.07) is 11.8. The quantitative estimate of drug-likeness (QED) is 0.422. The second-order valence-electron chi connectivity index (χ2n) is 6.49. The number of rotatable bonds is 6. The smallest absolute Gasteiger partial charge is 0.311 e. The number of nitro groups is 1. The molecule has 0 unspecified atom stereocenters. The van der Waals surface area contributed by atoms with E-state index < -0.39 is 10.8 Å². The number of hydrogen-bond acceptors (Lipinski definition) is 6. The van der Waals surface area contributed by atoms with Crippen molar-refractivity contribution in [3.05, 3.63) is 58.1 Å². The lowest BCUT2D eigenvalue weighted by Crippen LogP contribution is -2.34. The summed E-state index contributed by atoms with van der Waals surface area (Å²) in [6.07, 6.45) is 2.29. The van der Waals surface area contributed by atoms with Gasteiger partial charge in [0.2, 0.25) is 0 Å². The highest BCUT2D eigenvalue weighted by Crippen LogP contribution is 2.29. The van der Waals surface area contributed by atoms with Crippen molar-refractivity contribution in [1.82, 2.24) is 5.32 Å². The van der Waals surface area contributed by atoms with Crippen LogP contribution in [0.3, 0.4) is 0 Å². The Morgan fingerprint density at radius 2 is 1.97 bits per heavy atom. The minimum absolute atomic E-state index is 0.120. The Bertz CT molecular complexity index is 928. The largest absolute Gasteiger partial charge is 0.487 e. The number of carbonyl (C=O) groups is 1. The molecule has 0 saturated carbocycles. The molecule has 2 aromatic carbocycles. The third kappa shape index (κ3) is 5.00. The summed E-state index contributed by atoms with van der Waals surface area (Å²) in [7, 11) is 0. The number of anilines is 2. The van der Waals surface area contributed by atoms with Gasteiger partial charge in [0.15, 0.2) is 10.9 Å². The SMILES string of the molecule is CCOc1ccc(C(=O)NC(=S)Nc2ccccc2N2CCCC2)cc1[N+](=O)[O-]. The van der Waals surface area contributed by atoms with Crippen LogP contribution in [-0.2, 0) is 0 Å². The number of hydrogen-bond donors (Lipinski definition) is 2. The molecule has 3 rings (SSSR count).